The quantitative estimate of drug-likeness (QED) is 0.522. The van der Waals surface area contributed by atoms with Gasteiger partial charge in [-0.3, -0.25) is 5.43 Å². The van der Waals surface area contributed by atoms with Gasteiger partial charge in [-0.2, -0.15) is 15.0 Å². The van der Waals surface area contributed by atoms with Gasteiger partial charge in [0.2, 0.25) is 11.9 Å². The van der Waals surface area contributed by atoms with Crippen molar-refractivity contribution in [3.05, 3.63) is 29.8 Å². The molecule has 0 atom stereocenters. The van der Waals surface area contributed by atoms with Crippen molar-refractivity contribution in [2.75, 3.05) is 31.0 Å². The molecule has 8 nitrogen and oxygen atoms in total. The minimum absolute atomic E-state index is 0.116. The van der Waals surface area contributed by atoms with Crippen LogP contribution in [-0.4, -0.2) is 40.8 Å². The maximum Gasteiger partial charge on any atom is 0.328 e. The highest BCUT2D eigenvalue weighted by Crippen LogP contribution is 2.21. The van der Waals surface area contributed by atoms with Crippen LogP contribution in [-0.2, 0) is 6.42 Å². The molecule has 0 fully saturated rings. The van der Waals surface area contributed by atoms with Crippen molar-refractivity contribution in [1.82, 2.24) is 15.0 Å². The first-order valence-corrected chi connectivity index (χ1v) is 6.40. The van der Waals surface area contributed by atoms with E-state index in [0.717, 1.165) is 5.56 Å². The molecule has 1 heterocycles. The molecule has 0 amide bonds. The van der Waals surface area contributed by atoms with Crippen molar-refractivity contribution in [2.24, 2.45) is 5.84 Å². The van der Waals surface area contributed by atoms with Gasteiger partial charge in [-0.25, -0.2) is 5.84 Å². The number of aliphatic hydroxyl groups is 1. The lowest BCUT2D eigenvalue weighted by atomic mass is 10.1. The lowest BCUT2D eigenvalue weighted by molar-refractivity contribution is 0.299. The molecule has 0 spiro atoms. The topological polar surface area (TPSA) is 109 Å². The van der Waals surface area contributed by atoms with E-state index in [0.29, 0.717) is 18.1 Å². The van der Waals surface area contributed by atoms with Crippen molar-refractivity contribution in [3.8, 4) is 11.8 Å². The van der Waals surface area contributed by atoms with Crippen molar-refractivity contribution in [2.45, 2.75) is 6.42 Å². The lowest BCUT2D eigenvalue weighted by Gasteiger charge is -2.12. The van der Waals surface area contributed by atoms with E-state index in [9.17, 15) is 0 Å². The highest BCUT2D eigenvalue weighted by molar-refractivity contribution is 5.37. The molecule has 0 aliphatic carbocycles. The summed E-state index contributed by atoms with van der Waals surface area (Å²) in [5, 5.41) is 8.88. The maximum atomic E-state index is 8.88. The fourth-order valence-electron chi connectivity index (χ4n) is 1.61. The number of hydrazine groups is 1. The number of aliphatic hydroxyl groups excluding tert-OH is 1. The Bertz CT molecular complexity index is 588. The maximum absolute atomic E-state index is 8.88. The van der Waals surface area contributed by atoms with E-state index in [1.807, 2.05) is 26.2 Å². The molecular weight excluding hydrogens is 272 g/mol. The van der Waals surface area contributed by atoms with Crippen LogP contribution in [0, 0.1) is 0 Å². The molecular formula is C13H18N6O2. The number of nitrogens with zero attached hydrogens (tertiary/aromatic N) is 4. The number of hydrogen-bond donors (Lipinski definition) is 3. The van der Waals surface area contributed by atoms with E-state index in [4.69, 9.17) is 15.7 Å². The van der Waals surface area contributed by atoms with Crippen LogP contribution in [0.1, 0.15) is 5.56 Å². The molecule has 112 valence electrons. The summed E-state index contributed by atoms with van der Waals surface area (Å²) in [6, 6.07) is 7.49. The van der Waals surface area contributed by atoms with Gasteiger partial charge in [-0.05, 0) is 24.1 Å². The van der Waals surface area contributed by atoms with E-state index in [-0.39, 0.29) is 18.6 Å². The molecule has 2 rings (SSSR count). The second kappa shape index (κ2) is 6.82. The van der Waals surface area contributed by atoms with Gasteiger partial charge in [0.1, 0.15) is 5.75 Å². The molecule has 0 saturated carbocycles. The Kier molecular flexibility index (Phi) is 4.85. The fourth-order valence-corrected chi connectivity index (χ4v) is 1.61. The zero-order chi connectivity index (χ0) is 15.2. The Morgan fingerprint density at radius 2 is 1.90 bits per heavy atom. The van der Waals surface area contributed by atoms with Gasteiger partial charge < -0.3 is 14.7 Å². The molecule has 1 aromatic heterocycles. The van der Waals surface area contributed by atoms with Crippen LogP contribution >= 0.6 is 0 Å². The average molecular weight is 290 g/mol. The Labute approximate surface area is 122 Å². The highest BCUT2D eigenvalue weighted by atomic mass is 16.5. The fraction of sp³-hybridized carbons (Fsp3) is 0.308. The summed E-state index contributed by atoms with van der Waals surface area (Å²) in [7, 11) is 3.62. The predicted octanol–water partition coefficient (Wildman–Crippen LogP) is 0.550. The van der Waals surface area contributed by atoms with Crippen LogP contribution in [0.3, 0.4) is 0 Å². The Balaban J connectivity index is 2.19. The molecule has 0 bridgehead atoms. The largest absolute Gasteiger partial charge is 0.424 e. The van der Waals surface area contributed by atoms with E-state index < -0.39 is 0 Å². The first-order chi connectivity index (χ1) is 10.1. The lowest BCUT2D eigenvalue weighted by Crippen LogP contribution is -2.17. The number of anilines is 2. The van der Waals surface area contributed by atoms with Gasteiger partial charge in [0, 0.05) is 20.7 Å². The third-order valence-electron chi connectivity index (χ3n) is 2.67. The van der Waals surface area contributed by atoms with Crippen molar-refractivity contribution < 1.29 is 9.84 Å². The van der Waals surface area contributed by atoms with Gasteiger partial charge in [0.05, 0.1) is 0 Å². The molecule has 0 saturated heterocycles. The number of nitrogen functional groups attached to an aromatic ring is 1. The SMILES string of the molecule is CN(C)c1nc(NN)nc(Oc2ccc(CCO)cc2)n1. The molecule has 0 radical (unpaired) electrons. The number of ether oxygens (including phenoxy) is 1. The minimum atomic E-state index is 0.116. The number of rotatable bonds is 6. The summed E-state index contributed by atoms with van der Waals surface area (Å²) >= 11 is 0. The van der Waals surface area contributed by atoms with Crippen LogP contribution in [0.25, 0.3) is 0 Å². The summed E-state index contributed by atoms with van der Waals surface area (Å²) in [5.41, 5.74) is 3.40. The van der Waals surface area contributed by atoms with Gasteiger partial charge in [0.25, 0.3) is 0 Å². The number of benzene rings is 1. The third-order valence-corrected chi connectivity index (χ3v) is 2.67. The van der Waals surface area contributed by atoms with Gasteiger partial charge in [-0.1, -0.05) is 12.1 Å². The number of aromatic nitrogens is 3. The van der Waals surface area contributed by atoms with Crippen molar-refractivity contribution in [1.29, 1.82) is 0 Å². The van der Waals surface area contributed by atoms with Crippen LogP contribution in [0.5, 0.6) is 11.8 Å². The van der Waals surface area contributed by atoms with Gasteiger partial charge in [0.15, 0.2) is 0 Å². The van der Waals surface area contributed by atoms with Crippen LogP contribution < -0.4 is 20.9 Å². The summed E-state index contributed by atoms with van der Waals surface area (Å²) in [6.07, 6.45) is 0.609. The normalized spacial score (nSPS) is 10.3. The summed E-state index contributed by atoms with van der Waals surface area (Å²) in [5.74, 6) is 6.58. The Morgan fingerprint density at radius 3 is 2.48 bits per heavy atom. The van der Waals surface area contributed by atoms with Crippen LogP contribution in [0.2, 0.25) is 0 Å². The second-order valence-electron chi connectivity index (χ2n) is 4.50. The van der Waals surface area contributed by atoms with Crippen molar-refractivity contribution in [3.63, 3.8) is 0 Å². The first-order valence-electron chi connectivity index (χ1n) is 6.40. The molecule has 8 heteroatoms. The Hall–Kier alpha value is -2.45. The molecule has 1 aromatic carbocycles. The second-order valence-corrected chi connectivity index (χ2v) is 4.50. The molecule has 2 aromatic rings. The standard InChI is InChI=1S/C13H18N6O2/c1-19(2)12-15-11(18-14)16-13(17-12)21-10-5-3-9(4-6-10)7-8-20/h3-6,20H,7-8,14H2,1-2H3,(H,15,16,17,18). The minimum Gasteiger partial charge on any atom is -0.424 e. The third kappa shape index (κ3) is 4.01. The van der Waals surface area contributed by atoms with E-state index in [1.165, 1.54) is 0 Å². The summed E-state index contributed by atoms with van der Waals surface area (Å²) < 4.78 is 5.60. The predicted molar refractivity (Wildman–Crippen MR) is 79.3 cm³/mol. The first kappa shape index (κ1) is 14.9. The molecule has 0 aliphatic rings. The monoisotopic (exact) mass is 290 g/mol. The van der Waals surface area contributed by atoms with E-state index in [2.05, 4.69) is 20.4 Å². The number of nitrogens with one attached hydrogen (secondary N) is 1. The summed E-state index contributed by atoms with van der Waals surface area (Å²) in [6.45, 7) is 0.116. The van der Waals surface area contributed by atoms with E-state index >= 15 is 0 Å². The van der Waals surface area contributed by atoms with Crippen molar-refractivity contribution >= 4 is 11.9 Å². The van der Waals surface area contributed by atoms with E-state index in [1.54, 1.807) is 17.0 Å². The number of nitrogens with two attached hydrogens (primary N) is 1. The average Bonchev–Trinajstić information content (AvgIpc) is 2.49. The molecule has 21 heavy (non-hydrogen) atoms. The van der Waals surface area contributed by atoms with Gasteiger partial charge in [-0.15, -0.1) is 0 Å². The van der Waals surface area contributed by atoms with Crippen LogP contribution in [0.15, 0.2) is 24.3 Å². The summed E-state index contributed by atoms with van der Waals surface area (Å²) in [4.78, 5) is 14.0. The van der Waals surface area contributed by atoms with Gasteiger partial charge >= 0.3 is 6.01 Å². The number of hydrogen-bond acceptors (Lipinski definition) is 8. The Morgan fingerprint density at radius 1 is 1.19 bits per heavy atom. The zero-order valence-electron chi connectivity index (χ0n) is 11.9. The smallest absolute Gasteiger partial charge is 0.328 e. The highest BCUT2D eigenvalue weighted by Gasteiger charge is 2.09. The molecule has 4 N–H and O–H groups in total. The zero-order valence-corrected chi connectivity index (χ0v) is 11.9. The molecule has 0 aliphatic heterocycles. The molecule has 0 unspecified atom stereocenters. The van der Waals surface area contributed by atoms with Crippen LogP contribution in [0.4, 0.5) is 11.9 Å².